The van der Waals surface area contributed by atoms with Gasteiger partial charge in [0.05, 0.1) is 0 Å². The lowest BCUT2D eigenvalue weighted by Gasteiger charge is -2.10. The molecule has 7 heteroatoms. The molecule has 140 valence electrons. The average molecular weight is 373 g/mol. The number of carbonyl (C=O) groups is 2. The van der Waals surface area contributed by atoms with Crippen molar-refractivity contribution in [2.75, 3.05) is 5.32 Å². The maximum Gasteiger partial charge on any atom is 0.332 e. The monoisotopic (exact) mass is 373 g/mol. The van der Waals surface area contributed by atoms with Gasteiger partial charge in [0.25, 0.3) is 5.91 Å². The number of hydrogen-bond donors (Lipinski definition) is 2. The van der Waals surface area contributed by atoms with E-state index < -0.39 is 23.5 Å². The first-order valence-electron chi connectivity index (χ1n) is 8.38. The van der Waals surface area contributed by atoms with Crippen LogP contribution in [-0.4, -0.2) is 17.0 Å². The second kappa shape index (κ2) is 7.99. The number of carboxylic acid groups (broad SMARTS) is 1. The van der Waals surface area contributed by atoms with Crippen LogP contribution in [0.15, 0.2) is 53.6 Å². The van der Waals surface area contributed by atoms with Crippen molar-refractivity contribution in [2.24, 2.45) is 0 Å². The minimum absolute atomic E-state index is 0.0988. The molecule has 1 aliphatic carbocycles. The van der Waals surface area contributed by atoms with Gasteiger partial charge in [-0.15, -0.1) is 0 Å². The fourth-order valence-electron chi connectivity index (χ4n) is 2.89. The summed E-state index contributed by atoms with van der Waals surface area (Å²) < 4.78 is 32.2. The molecule has 2 aromatic carbocycles. The van der Waals surface area contributed by atoms with E-state index in [1.807, 2.05) is 0 Å². The van der Waals surface area contributed by atoms with Crippen molar-refractivity contribution in [3.63, 3.8) is 0 Å². The number of anilines is 1. The van der Waals surface area contributed by atoms with E-state index in [2.05, 4.69) is 5.32 Å². The second-order valence-corrected chi connectivity index (χ2v) is 6.10. The van der Waals surface area contributed by atoms with E-state index in [1.165, 1.54) is 12.1 Å². The number of hydrogen-bond acceptors (Lipinski definition) is 3. The van der Waals surface area contributed by atoms with Crippen molar-refractivity contribution in [2.45, 2.75) is 25.9 Å². The van der Waals surface area contributed by atoms with Crippen LogP contribution in [0.2, 0.25) is 0 Å². The summed E-state index contributed by atoms with van der Waals surface area (Å²) >= 11 is 0. The number of amides is 1. The highest BCUT2D eigenvalue weighted by molar-refractivity contribution is 6.09. The number of carboxylic acids is 1. The molecule has 3 rings (SSSR count). The molecule has 0 radical (unpaired) electrons. The molecule has 1 aliphatic rings. The Morgan fingerprint density at radius 1 is 1.04 bits per heavy atom. The predicted molar refractivity (Wildman–Crippen MR) is 94.3 cm³/mol. The molecular weight excluding hydrogens is 356 g/mol. The third-order valence-electron chi connectivity index (χ3n) is 4.29. The molecule has 0 aromatic heterocycles. The van der Waals surface area contributed by atoms with E-state index in [0.717, 1.165) is 6.07 Å². The number of aliphatic carboxylic acids is 1. The quantitative estimate of drug-likeness (QED) is 0.801. The van der Waals surface area contributed by atoms with Crippen LogP contribution in [0.25, 0.3) is 0 Å². The maximum atomic E-state index is 13.6. The van der Waals surface area contributed by atoms with Gasteiger partial charge in [-0.1, -0.05) is 12.1 Å². The Hall–Kier alpha value is -3.22. The smallest absolute Gasteiger partial charge is 0.332 e. The highest BCUT2D eigenvalue weighted by atomic mass is 19.2. The highest BCUT2D eigenvalue weighted by Crippen LogP contribution is 2.27. The number of rotatable bonds is 6. The summed E-state index contributed by atoms with van der Waals surface area (Å²) in [6.45, 7) is -0.135. The first-order valence-corrected chi connectivity index (χ1v) is 8.38. The minimum atomic E-state index is -1.06. The molecule has 27 heavy (non-hydrogen) atoms. The Morgan fingerprint density at radius 2 is 1.74 bits per heavy atom. The number of benzene rings is 2. The molecule has 5 nitrogen and oxygen atoms in total. The van der Waals surface area contributed by atoms with E-state index in [9.17, 15) is 18.4 Å². The first-order chi connectivity index (χ1) is 13.0. The van der Waals surface area contributed by atoms with Crippen molar-refractivity contribution < 1.29 is 28.2 Å². The summed E-state index contributed by atoms with van der Waals surface area (Å²) in [5.74, 6) is -2.95. The van der Waals surface area contributed by atoms with Gasteiger partial charge in [0.15, 0.2) is 11.6 Å². The average Bonchev–Trinajstić information content (AvgIpc) is 3.14. The topological polar surface area (TPSA) is 75.6 Å². The predicted octanol–water partition coefficient (Wildman–Crippen LogP) is 4.05. The number of ether oxygens (including phenoxy) is 1. The van der Waals surface area contributed by atoms with Crippen LogP contribution >= 0.6 is 0 Å². The third kappa shape index (κ3) is 4.31. The molecule has 0 spiro atoms. The fraction of sp³-hybridized carbons (Fsp3) is 0.200. The van der Waals surface area contributed by atoms with Crippen molar-refractivity contribution in [3.05, 3.63) is 70.8 Å². The summed E-state index contributed by atoms with van der Waals surface area (Å²) in [6, 6.07) is 10.2. The zero-order valence-corrected chi connectivity index (χ0v) is 14.3. The van der Waals surface area contributed by atoms with Gasteiger partial charge in [-0.05, 0) is 49.6 Å². The van der Waals surface area contributed by atoms with Gasteiger partial charge in [-0.3, -0.25) is 4.79 Å². The van der Waals surface area contributed by atoms with Crippen molar-refractivity contribution in [1.29, 1.82) is 0 Å². The van der Waals surface area contributed by atoms with Gasteiger partial charge in [-0.2, -0.15) is 0 Å². The van der Waals surface area contributed by atoms with Crippen LogP contribution in [0, 0.1) is 11.6 Å². The fourth-order valence-corrected chi connectivity index (χ4v) is 2.89. The SMILES string of the molecule is O=C(O)C1=C(C(=O)Nc2ccc(OCc3cccc(F)c3F)cc2)CCC1. The Balaban J connectivity index is 1.62. The second-order valence-electron chi connectivity index (χ2n) is 6.10. The summed E-state index contributed by atoms with van der Waals surface area (Å²) in [4.78, 5) is 23.4. The maximum absolute atomic E-state index is 13.6. The highest BCUT2D eigenvalue weighted by Gasteiger charge is 2.25. The van der Waals surface area contributed by atoms with Crippen molar-refractivity contribution in [1.82, 2.24) is 0 Å². The molecule has 0 atom stereocenters. The Kier molecular flexibility index (Phi) is 5.49. The van der Waals surface area contributed by atoms with Crippen LogP contribution < -0.4 is 10.1 Å². The van der Waals surface area contributed by atoms with Crippen LogP contribution in [0.4, 0.5) is 14.5 Å². The van der Waals surface area contributed by atoms with E-state index in [4.69, 9.17) is 9.84 Å². The largest absolute Gasteiger partial charge is 0.489 e. The third-order valence-corrected chi connectivity index (χ3v) is 4.29. The van der Waals surface area contributed by atoms with Crippen LogP contribution in [0.5, 0.6) is 5.75 Å². The molecule has 0 aliphatic heterocycles. The van der Waals surface area contributed by atoms with Gasteiger partial charge in [0, 0.05) is 22.4 Å². The Bertz CT molecular complexity index is 907. The van der Waals surface area contributed by atoms with Gasteiger partial charge in [0.1, 0.15) is 12.4 Å². The number of nitrogens with one attached hydrogen (secondary N) is 1. The molecule has 0 bridgehead atoms. The van der Waals surface area contributed by atoms with E-state index in [0.29, 0.717) is 36.3 Å². The van der Waals surface area contributed by atoms with Gasteiger partial charge in [0.2, 0.25) is 0 Å². The number of halogens is 2. The lowest BCUT2D eigenvalue weighted by Crippen LogP contribution is -2.16. The normalized spacial score (nSPS) is 13.6. The lowest BCUT2D eigenvalue weighted by atomic mass is 10.1. The first kappa shape index (κ1) is 18.6. The number of carbonyl (C=O) groups excluding carboxylic acids is 1. The molecule has 0 saturated heterocycles. The standard InChI is InChI=1S/C20H17F2NO4/c21-17-6-1-3-12(18(17)22)11-27-14-9-7-13(8-10-14)23-19(24)15-4-2-5-16(15)20(25)26/h1,3,6-10H,2,4-5,11H2,(H,23,24)(H,25,26). The zero-order valence-electron chi connectivity index (χ0n) is 14.3. The van der Waals surface area contributed by atoms with E-state index >= 15 is 0 Å². The molecule has 2 N–H and O–H groups in total. The van der Waals surface area contributed by atoms with E-state index in [1.54, 1.807) is 24.3 Å². The Labute approximate surface area is 154 Å². The molecule has 1 amide bonds. The lowest BCUT2D eigenvalue weighted by molar-refractivity contribution is -0.133. The van der Waals surface area contributed by atoms with Gasteiger partial charge >= 0.3 is 5.97 Å². The van der Waals surface area contributed by atoms with Crippen molar-refractivity contribution >= 4 is 17.6 Å². The van der Waals surface area contributed by atoms with Crippen LogP contribution in [0.1, 0.15) is 24.8 Å². The van der Waals surface area contributed by atoms with Crippen LogP contribution in [0.3, 0.4) is 0 Å². The molecule has 0 heterocycles. The zero-order chi connectivity index (χ0) is 19.4. The summed E-state index contributed by atoms with van der Waals surface area (Å²) in [5.41, 5.74) is 1.03. The van der Waals surface area contributed by atoms with E-state index in [-0.39, 0.29) is 17.7 Å². The Morgan fingerprint density at radius 3 is 2.44 bits per heavy atom. The minimum Gasteiger partial charge on any atom is -0.489 e. The molecule has 0 fully saturated rings. The van der Waals surface area contributed by atoms with Crippen LogP contribution in [-0.2, 0) is 16.2 Å². The van der Waals surface area contributed by atoms with Crippen molar-refractivity contribution in [3.8, 4) is 5.75 Å². The summed E-state index contributed by atoms with van der Waals surface area (Å²) in [7, 11) is 0. The summed E-state index contributed by atoms with van der Waals surface area (Å²) in [6.07, 6.45) is 1.48. The van der Waals surface area contributed by atoms with Gasteiger partial charge in [-0.25, -0.2) is 13.6 Å². The molecule has 0 saturated carbocycles. The summed E-state index contributed by atoms with van der Waals surface area (Å²) in [5, 5.41) is 11.8. The molecule has 0 unspecified atom stereocenters. The molecular formula is C20H17F2NO4. The van der Waals surface area contributed by atoms with Gasteiger partial charge < -0.3 is 15.2 Å². The molecule has 2 aromatic rings.